The molecule has 0 aliphatic heterocycles. The molecule has 2 aromatic rings. The number of nitrogens with zero attached hydrogens (tertiary/aromatic N) is 2. The van der Waals surface area contributed by atoms with E-state index in [4.69, 9.17) is 23.2 Å². The van der Waals surface area contributed by atoms with Gasteiger partial charge in [-0.25, -0.2) is 9.37 Å². The molecule has 0 spiro atoms. The summed E-state index contributed by atoms with van der Waals surface area (Å²) in [5.41, 5.74) is 0.216. The number of rotatable bonds is 2. The van der Waals surface area contributed by atoms with E-state index in [1.807, 2.05) is 0 Å². The Bertz CT molecular complexity index is 516. The number of halogens is 4. The van der Waals surface area contributed by atoms with Crippen molar-refractivity contribution in [3.05, 3.63) is 45.0 Å². The van der Waals surface area contributed by atoms with Gasteiger partial charge in [-0.05, 0) is 45.7 Å². The van der Waals surface area contributed by atoms with Crippen LogP contribution in [0.4, 0.5) is 15.9 Å². The van der Waals surface area contributed by atoms with Crippen molar-refractivity contribution < 1.29 is 4.39 Å². The molecule has 0 amide bonds. The molecule has 1 heterocycles. The van der Waals surface area contributed by atoms with Crippen LogP contribution in [-0.4, -0.2) is 9.97 Å². The third kappa shape index (κ3) is 3.06. The Morgan fingerprint density at radius 3 is 2.82 bits per heavy atom. The van der Waals surface area contributed by atoms with E-state index >= 15 is 0 Å². The van der Waals surface area contributed by atoms with Crippen molar-refractivity contribution in [2.45, 2.75) is 0 Å². The first-order chi connectivity index (χ1) is 8.06. The van der Waals surface area contributed by atoms with E-state index in [1.54, 1.807) is 0 Å². The molecule has 1 aromatic heterocycles. The number of hydrogen-bond acceptors (Lipinski definition) is 3. The van der Waals surface area contributed by atoms with Crippen LogP contribution >= 0.6 is 39.1 Å². The summed E-state index contributed by atoms with van der Waals surface area (Å²) in [5.74, 6) is -0.0674. The Balaban J connectivity index is 2.37. The number of anilines is 2. The lowest BCUT2D eigenvalue weighted by molar-refractivity contribution is 0.632. The predicted molar refractivity (Wildman–Crippen MR) is 69.4 cm³/mol. The van der Waals surface area contributed by atoms with Crippen molar-refractivity contribution in [3.63, 3.8) is 0 Å². The molecule has 0 aliphatic carbocycles. The first kappa shape index (κ1) is 12.5. The van der Waals surface area contributed by atoms with Gasteiger partial charge in [0.25, 0.3) is 0 Å². The van der Waals surface area contributed by atoms with Gasteiger partial charge in [-0.1, -0.05) is 11.6 Å². The van der Waals surface area contributed by atoms with Gasteiger partial charge in [0.2, 0.25) is 5.28 Å². The third-order valence-electron chi connectivity index (χ3n) is 1.90. The van der Waals surface area contributed by atoms with Crippen LogP contribution in [0.1, 0.15) is 0 Å². The summed E-state index contributed by atoms with van der Waals surface area (Å²) in [6, 6.07) is 4.19. The van der Waals surface area contributed by atoms with Crippen LogP contribution in [0.2, 0.25) is 10.3 Å². The van der Waals surface area contributed by atoms with Crippen LogP contribution in [0.25, 0.3) is 0 Å². The summed E-state index contributed by atoms with van der Waals surface area (Å²) in [6.07, 6.45) is 1.47. The minimum Gasteiger partial charge on any atom is -0.337 e. The molecular formula is C10H5BrCl2FN3. The monoisotopic (exact) mass is 335 g/mol. The number of hydrogen-bond donors (Lipinski definition) is 1. The van der Waals surface area contributed by atoms with E-state index in [2.05, 4.69) is 31.2 Å². The second-order valence-electron chi connectivity index (χ2n) is 3.08. The second-order valence-corrected chi connectivity index (χ2v) is 4.71. The Morgan fingerprint density at radius 1 is 1.29 bits per heavy atom. The van der Waals surface area contributed by atoms with Crippen molar-refractivity contribution in [2.24, 2.45) is 0 Å². The van der Waals surface area contributed by atoms with Crippen molar-refractivity contribution in [2.75, 3.05) is 5.32 Å². The average Bonchev–Trinajstić information content (AvgIpc) is 2.28. The molecule has 3 nitrogen and oxygen atoms in total. The van der Waals surface area contributed by atoms with Gasteiger partial charge in [0.05, 0.1) is 10.2 Å². The molecule has 0 saturated carbocycles. The third-order valence-corrected chi connectivity index (χ3v) is 2.89. The summed E-state index contributed by atoms with van der Waals surface area (Å²) in [4.78, 5) is 7.69. The van der Waals surface area contributed by atoms with Crippen LogP contribution in [0.15, 0.2) is 28.9 Å². The van der Waals surface area contributed by atoms with E-state index in [-0.39, 0.29) is 11.0 Å². The fourth-order valence-electron chi connectivity index (χ4n) is 1.15. The zero-order chi connectivity index (χ0) is 12.4. The highest BCUT2D eigenvalue weighted by Gasteiger charge is 2.08. The van der Waals surface area contributed by atoms with Crippen molar-refractivity contribution in [1.29, 1.82) is 0 Å². The first-order valence-corrected chi connectivity index (χ1v) is 6.01. The average molecular weight is 337 g/mol. The largest absolute Gasteiger partial charge is 0.337 e. The fraction of sp³-hybridized carbons (Fsp3) is 0. The Kier molecular flexibility index (Phi) is 3.81. The zero-order valence-electron chi connectivity index (χ0n) is 8.22. The molecule has 0 atom stereocenters. The molecule has 0 radical (unpaired) electrons. The molecule has 0 aliphatic rings. The van der Waals surface area contributed by atoms with Crippen LogP contribution in [-0.2, 0) is 0 Å². The molecule has 0 fully saturated rings. The quantitative estimate of drug-likeness (QED) is 0.824. The lowest BCUT2D eigenvalue weighted by atomic mass is 10.3. The highest BCUT2D eigenvalue weighted by atomic mass is 79.9. The normalized spacial score (nSPS) is 10.4. The number of aromatic nitrogens is 2. The first-order valence-electron chi connectivity index (χ1n) is 4.46. The SMILES string of the molecule is Fc1ccc(Cl)cc1Nc1nc(Cl)ncc1Br. The van der Waals surface area contributed by atoms with E-state index in [0.29, 0.717) is 15.3 Å². The molecule has 0 bridgehead atoms. The fourth-order valence-corrected chi connectivity index (χ4v) is 1.75. The smallest absolute Gasteiger partial charge is 0.224 e. The Morgan fingerprint density at radius 2 is 2.06 bits per heavy atom. The van der Waals surface area contributed by atoms with Gasteiger partial charge in [0, 0.05) is 11.2 Å². The highest BCUT2D eigenvalue weighted by molar-refractivity contribution is 9.10. The molecular weight excluding hydrogens is 332 g/mol. The Labute approximate surface area is 115 Å². The molecule has 1 aromatic carbocycles. The lowest BCUT2D eigenvalue weighted by Gasteiger charge is -2.08. The molecule has 17 heavy (non-hydrogen) atoms. The lowest BCUT2D eigenvalue weighted by Crippen LogP contribution is -1.98. The summed E-state index contributed by atoms with van der Waals surface area (Å²) in [7, 11) is 0. The van der Waals surface area contributed by atoms with Crippen molar-refractivity contribution >= 4 is 50.6 Å². The topological polar surface area (TPSA) is 37.8 Å². The maximum atomic E-state index is 13.5. The standard InChI is InChI=1S/C10H5BrCl2FN3/c11-6-4-15-10(13)17-9(6)16-8-3-5(12)1-2-7(8)14/h1-4H,(H,15,16,17). The molecule has 2 rings (SSSR count). The van der Waals surface area contributed by atoms with Gasteiger partial charge in [0.1, 0.15) is 11.6 Å². The molecule has 1 N–H and O–H groups in total. The maximum Gasteiger partial charge on any atom is 0.224 e. The Hall–Kier alpha value is -0.910. The van der Waals surface area contributed by atoms with Crippen LogP contribution in [0.3, 0.4) is 0 Å². The van der Waals surface area contributed by atoms with Crippen molar-refractivity contribution in [1.82, 2.24) is 9.97 Å². The van der Waals surface area contributed by atoms with Gasteiger partial charge in [-0.2, -0.15) is 4.98 Å². The maximum absolute atomic E-state index is 13.5. The summed E-state index contributed by atoms with van der Waals surface area (Å²) in [6.45, 7) is 0. The summed E-state index contributed by atoms with van der Waals surface area (Å²) >= 11 is 14.7. The van der Waals surface area contributed by atoms with E-state index in [9.17, 15) is 4.39 Å². The molecule has 88 valence electrons. The molecule has 7 heteroatoms. The number of nitrogens with one attached hydrogen (secondary N) is 1. The molecule has 0 unspecified atom stereocenters. The minimum absolute atomic E-state index is 0.0677. The van der Waals surface area contributed by atoms with Gasteiger partial charge in [0.15, 0.2) is 0 Å². The van der Waals surface area contributed by atoms with E-state index < -0.39 is 5.82 Å². The van der Waals surface area contributed by atoms with Crippen molar-refractivity contribution in [3.8, 4) is 0 Å². The van der Waals surface area contributed by atoms with E-state index in [1.165, 1.54) is 24.4 Å². The van der Waals surface area contributed by atoms with Crippen LogP contribution in [0.5, 0.6) is 0 Å². The van der Waals surface area contributed by atoms with Gasteiger partial charge in [-0.15, -0.1) is 0 Å². The van der Waals surface area contributed by atoms with Crippen LogP contribution in [0, 0.1) is 5.82 Å². The minimum atomic E-state index is -0.434. The van der Waals surface area contributed by atoms with Gasteiger partial charge >= 0.3 is 0 Å². The summed E-state index contributed by atoms with van der Waals surface area (Å²) < 4.78 is 14.0. The zero-order valence-corrected chi connectivity index (χ0v) is 11.3. The van der Waals surface area contributed by atoms with Gasteiger partial charge in [-0.3, -0.25) is 0 Å². The van der Waals surface area contributed by atoms with Crippen LogP contribution < -0.4 is 5.32 Å². The van der Waals surface area contributed by atoms with Gasteiger partial charge < -0.3 is 5.32 Å². The van der Waals surface area contributed by atoms with E-state index in [0.717, 1.165) is 0 Å². The number of benzene rings is 1. The predicted octanol–water partition coefficient (Wildman–Crippen LogP) is 4.43. The molecule has 0 saturated heterocycles. The summed E-state index contributed by atoms with van der Waals surface area (Å²) in [5, 5.41) is 3.27. The highest BCUT2D eigenvalue weighted by Crippen LogP contribution is 2.27. The second kappa shape index (κ2) is 5.16.